The molecule has 0 aromatic carbocycles. The summed E-state index contributed by atoms with van der Waals surface area (Å²) in [4.78, 5) is 27.9. The van der Waals surface area contributed by atoms with Crippen molar-refractivity contribution in [2.24, 2.45) is 0 Å². The lowest BCUT2D eigenvalue weighted by atomic mass is 10.2. The highest BCUT2D eigenvalue weighted by atomic mass is 32.1. The minimum absolute atomic E-state index is 0.108. The van der Waals surface area contributed by atoms with Crippen LogP contribution in [0.4, 0.5) is 0 Å². The summed E-state index contributed by atoms with van der Waals surface area (Å²) in [6.07, 6.45) is 1.67. The molecule has 7 heteroatoms. The standard InChI is InChI=1S/C9H11N3O3S/c13-7-4-12(5-8-10-1-2-16-8)6(3-11-7)9(14)15/h1-2,6H,3-5H2,(H,11,13)(H,14,15). The summed E-state index contributed by atoms with van der Waals surface area (Å²) in [6.45, 7) is 0.665. The normalized spacial score (nSPS) is 21.8. The summed E-state index contributed by atoms with van der Waals surface area (Å²) in [5.41, 5.74) is 0. The van der Waals surface area contributed by atoms with E-state index in [0.29, 0.717) is 6.54 Å². The van der Waals surface area contributed by atoms with Gasteiger partial charge in [0.05, 0.1) is 13.1 Å². The zero-order chi connectivity index (χ0) is 11.5. The highest BCUT2D eigenvalue weighted by Gasteiger charge is 2.32. The van der Waals surface area contributed by atoms with Crippen molar-refractivity contribution in [1.82, 2.24) is 15.2 Å². The van der Waals surface area contributed by atoms with Crippen LogP contribution >= 0.6 is 11.3 Å². The van der Waals surface area contributed by atoms with Gasteiger partial charge < -0.3 is 10.4 Å². The SMILES string of the molecule is O=C1CN(Cc2nccs2)C(C(=O)O)CN1. The van der Waals surface area contributed by atoms with Gasteiger partial charge in [0.2, 0.25) is 5.91 Å². The maximum Gasteiger partial charge on any atom is 0.322 e. The predicted octanol–water partition coefficient (Wildman–Crippen LogP) is -0.472. The molecule has 2 rings (SSSR count). The van der Waals surface area contributed by atoms with E-state index in [2.05, 4.69) is 10.3 Å². The summed E-state index contributed by atoms with van der Waals surface area (Å²) < 4.78 is 0. The lowest BCUT2D eigenvalue weighted by Crippen LogP contribution is -2.56. The Morgan fingerprint density at radius 2 is 2.56 bits per heavy atom. The van der Waals surface area contributed by atoms with Crippen molar-refractivity contribution in [3.63, 3.8) is 0 Å². The molecule has 1 unspecified atom stereocenters. The molecule has 0 spiro atoms. The number of rotatable bonds is 3. The summed E-state index contributed by atoms with van der Waals surface area (Å²) in [5.74, 6) is -1.06. The molecule has 16 heavy (non-hydrogen) atoms. The van der Waals surface area contributed by atoms with Gasteiger partial charge >= 0.3 is 5.97 Å². The third-order valence-corrected chi connectivity index (χ3v) is 3.15. The van der Waals surface area contributed by atoms with Gasteiger partial charge in [0.15, 0.2) is 0 Å². The van der Waals surface area contributed by atoms with E-state index in [0.717, 1.165) is 5.01 Å². The first kappa shape index (κ1) is 11.0. The van der Waals surface area contributed by atoms with Crippen molar-refractivity contribution < 1.29 is 14.7 Å². The van der Waals surface area contributed by atoms with Crippen LogP contribution < -0.4 is 5.32 Å². The molecule has 86 valence electrons. The molecule has 0 saturated carbocycles. The minimum Gasteiger partial charge on any atom is -0.480 e. The molecule has 1 aromatic heterocycles. The van der Waals surface area contributed by atoms with E-state index in [1.807, 2.05) is 5.38 Å². The van der Waals surface area contributed by atoms with Gasteiger partial charge in [0, 0.05) is 18.1 Å². The number of piperazine rings is 1. The van der Waals surface area contributed by atoms with E-state index in [-0.39, 0.29) is 19.0 Å². The monoisotopic (exact) mass is 241 g/mol. The third kappa shape index (κ3) is 2.37. The Labute approximate surface area is 95.9 Å². The van der Waals surface area contributed by atoms with Gasteiger partial charge in [-0.1, -0.05) is 0 Å². The molecule has 1 aliphatic rings. The van der Waals surface area contributed by atoms with Gasteiger partial charge in [0.1, 0.15) is 11.0 Å². The van der Waals surface area contributed by atoms with Crippen LogP contribution in [0.3, 0.4) is 0 Å². The molecule has 1 atom stereocenters. The summed E-state index contributed by atoms with van der Waals surface area (Å²) >= 11 is 1.45. The topological polar surface area (TPSA) is 82.5 Å². The summed E-state index contributed by atoms with van der Waals surface area (Å²) in [5, 5.41) is 14.2. The van der Waals surface area contributed by atoms with Crippen LogP contribution in [-0.4, -0.2) is 46.0 Å². The van der Waals surface area contributed by atoms with Gasteiger partial charge in [-0.25, -0.2) is 4.98 Å². The van der Waals surface area contributed by atoms with E-state index >= 15 is 0 Å². The van der Waals surface area contributed by atoms with Crippen molar-refractivity contribution in [2.75, 3.05) is 13.1 Å². The Bertz CT molecular complexity index is 393. The maximum atomic E-state index is 11.2. The van der Waals surface area contributed by atoms with E-state index in [1.54, 1.807) is 11.1 Å². The molecule has 1 aliphatic heterocycles. The van der Waals surface area contributed by atoms with E-state index in [4.69, 9.17) is 5.11 Å². The minimum atomic E-state index is -0.920. The molecule has 0 aliphatic carbocycles. The fourth-order valence-corrected chi connectivity index (χ4v) is 2.25. The quantitative estimate of drug-likeness (QED) is 0.747. The van der Waals surface area contributed by atoms with Gasteiger partial charge in [-0.05, 0) is 0 Å². The van der Waals surface area contributed by atoms with Crippen LogP contribution in [0.25, 0.3) is 0 Å². The number of hydrogen-bond acceptors (Lipinski definition) is 5. The average molecular weight is 241 g/mol. The lowest BCUT2D eigenvalue weighted by Gasteiger charge is -2.31. The van der Waals surface area contributed by atoms with Crippen LogP contribution in [0.15, 0.2) is 11.6 Å². The number of amides is 1. The first-order chi connectivity index (χ1) is 7.66. The molecule has 2 heterocycles. The largest absolute Gasteiger partial charge is 0.480 e. The molecule has 2 N–H and O–H groups in total. The highest BCUT2D eigenvalue weighted by molar-refractivity contribution is 7.09. The first-order valence-electron chi connectivity index (χ1n) is 4.79. The summed E-state index contributed by atoms with van der Waals surface area (Å²) in [7, 11) is 0. The second-order valence-corrected chi connectivity index (χ2v) is 4.47. The number of nitrogens with one attached hydrogen (secondary N) is 1. The van der Waals surface area contributed by atoms with Crippen LogP contribution in [0.5, 0.6) is 0 Å². The lowest BCUT2D eigenvalue weighted by molar-refractivity contribution is -0.146. The van der Waals surface area contributed by atoms with Crippen molar-refractivity contribution in [1.29, 1.82) is 0 Å². The molecule has 1 amide bonds. The summed E-state index contributed by atoms with van der Waals surface area (Å²) in [6, 6.07) is -0.665. The predicted molar refractivity (Wildman–Crippen MR) is 57.0 cm³/mol. The smallest absolute Gasteiger partial charge is 0.322 e. The molecule has 6 nitrogen and oxygen atoms in total. The second-order valence-electron chi connectivity index (χ2n) is 3.49. The molecular weight excluding hydrogens is 230 g/mol. The fraction of sp³-hybridized carbons (Fsp3) is 0.444. The van der Waals surface area contributed by atoms with Crippen molar-refractivity contribution in [3.05, 3.63) is 16.6 Å². The maximum absolute atomic E-state index is 11.2. The first-order valence-corrected chi connectivity index (χ1v) is 5.66. The Kier molecular flexibility index (Phi) is 3.16. The number of carboxylic acids is 1. The van der Waals surface area contributed by atoms with E-state index < -0.39 is 12.0 Å². The Morgan fingerprint density at radius 3 is 3.19 bits per heavy atom. The molecule has 0 bridgehead atoms. The number of hydrogen-bond donors (Lipinski definition) is 2. The van der Waals surface area contributed by atoms with Crippen LogP contribution in [0.2, 0.25) is 0 Å². The van der Waals surface area contributed by atoms with Gasteiger partial charge in [-0.3, -0.25) is 14.5 Å². The average Bonchev–Trinajstić information content (AvgIpc) is 2.70. The Morgan fingerprint density at radius 1 is 1.75 bits per heavy atom. The van der Waals surface area contributed by atoms with Crippen molar-refractivity contribution in [3.8, 4) is 0 Å². The molecule has 0 radical (unpaired) electrons. The number of thiazole rings is 1. The van der Waals surface area contributed by atoms with Crippen LogP contribution in [-0.2, 0) is 16.1 Å². The zero-order valence-corrected chi connectivity index (χ0v) is 9.24. The molecule has 1 aromatic rings. The number of carboxylic acid groups (broad SMARTS) is 1. The number of aromatic nitrogens is 1. The molecular formula is C9H11N3O3S. The molecule has 1 fully saturated rings. The van der Waals surface area contributed by atoms with Crippen LogP contribution in [0.1, 0.15) is 5.01 Å². The fourth-order valence-electron chi connectivity index (χ4n) is 1.60. The van der Waals surface area contributed by atoms with E-state index in [9.17, 15) is 9.59 Å². The number of nitrogens with zero attached hydrogens (tertiary/aromatic N) is 2. The number of aliphatic carboxylic acids is 1. The van der Waals surface area contributed by atoms with Gasteiger partial charge in [0.25, 0.3) is 0 Å². The second kappa shape index (κ2) is 4.58. The number of carbonyl (C=O) groups excluding carboxylic acids is 1. The highest BCUT2D eigenvalue weighted by Crippen LogP contribution is 2.12. The van der Waals surface area contributed by atoms with Gasteiger partial charge in [-0.2, -0.15) is 0 Å². The Hall–Kier alpha value is -1.47. The van der Waals surface area contributed by atoms with Crippen LogP contribution in [0, 0.1) is 0 Å². The Balaban J connectivity index is 2.08. The van der Waals surface area contributed by atoms with Crippen molar-refractivity contribution in [2.45, 2.75) is 12.6 Å². The van der Waals surface area contributed by atoms with E-state index in [1.165, 1.54) is 11.3 Å². The van der Waals surface area contributed by atoms with Gasteiger partial charge in [-0.15, -0.1) is 11.3 Å². The zero-order valence-electron chi connectivity index (χ0n) is 8.42. The van der Waals surface area contributed by atoms with Crippen molar-refractivity contribution >= 4 is 23.2 Å². The number of carbonyl (C=O) groups is 2. The third-order valence-electron chi connectivity index (χ3n) is 2.39. The molecule has 1 saturated heterocycles.